The standard InChI is InChI=1S/C26H35Cl2N3O5S/c1-6-18(2)29-26(33)19(3)30(17-20-9-14-23(27)24(28)16-20)25(32)8-7-15-31(37(5,34)35)21-10-12-22(36-4)13-11-21/h9-14,16,18-19H,6-8,15,17H2,1-5H3,(H,29,33)/t18-,19-/m1/s1. The van der Waals surface area contributed by atoms with E-state index in [0.717, 1.165) is 18.2 Å². The van der Waals surface area contributed by atoms with Crippen LogP contribution in [0.4, 0.5) is 5.69 Å². The number of hydrogen-bond acceptors (Lipinski definition) is 5. The van der Waals surface area contributed by atoms with Crippen LogP contribution in [0.5, 0.6) is 5.75 Å². The highest BCUT2D eigenvalue weighted by Gasteiger charge is 2.27. The van der Waals surface area contributed by atoms with E-state index in [2.05, 4.69) is 5.32 Å². The van der Waals surface area contributed by atoms with Crippen molar-refractivity contribution < 1.29 is 22.7 Å². The van der Waals surface area contributed by atoms with E-state index in [4.69, 9.17) is 27.9 Å². The Morgan fingerprint density at radius 3 is 2.24 bits per heavy atom. The summed E-state index contributed by atoms with van der Waals surface area (Å²) >= 11 is 12.2. The number of carbonyl (C=O) groups excluding carboxylic acids is 2. The number of nitrogens with zero attached hydrogens (tertiary/aromatic N) is 2. The zero-order valence-electron chi connectivity index (χ0n) is 21.8. The highest BCUT2D eigenvalue weighted by atomic mass is 35.5. The Bertz CT molecular complexity index is 1180. The van der Waals surface area contributed by atoms with Crippen LogP contribution in [0.25, 0.3) is 0 Å². The number of benzene rings is 2. The molecule has 0 radical (unpaired) electrons. The second-order valence-corrected chi connectivity index (χ2v) is 11.6. The Morgan fingerprint density at radius 2 is 1.70 bits per heavy atom. The molecule has 2 aromatic carbocycles. The maximum atomic E-state index is 13.4. The van der Waals surface area contributed by atoms with E-state index in [1.807, 2.05) is 13.8 Å². The number of amides is 2. The average molecular weight is 573 g/mol. The molecule has 11 heteroatoms. The van der Waals surface area contributed by atoms with E-state index >= 15 is 0 Å². The van der Waals surface area contributed by atoms with Gasteiger partial charge in [0.25, 0.3) is 0 Å². The second-order valence-electron chi connectivity index (χ2n) is 8.90. The monoisotopic (exact) mass is 571 g/mol. The van der Waals surface area contributed by atoms with Crippen LogP contribution in [0.15, 0.2) is 42.5 Å². The van der Waals surface area contributed by atoms with Crippen LogP contribution in [0.1, 0.15) is 45.6 Å². The summed E-state index contributed by atoms with van der Waals surface area (Å²) in [6.07, 6.45) is 2.18. The Kier molecular flexibility index (Phi) is 11.5. The molecule has 0 fully saturated rings. The number of ether oxygens (including phenoxy) is 1. The summed E-state index contributed by atoms with van der Waals surface area (Å²) in [5.41, 5.74) is 1.20. The Labute approximate surface area is 229 Å². The lowest BCUT2D eigenvalue weighted by Gasteiger charge is -2.30. The Morgan fingerprint density at radius 1 is 1.05 bits per heavy atom. The summed E-state index contributed by atoms with van der Waals surface area (Å²) in [5, 5.41) is 3.67. The van der Waals surface area contributed by atoms with E-state index in [-0.39, 0.29) is 43.8 Å². The molecule has 0 aliphatic heterocycles. The van der Waals surface area contributed by atoms with Crippen molar-refractivity contribution in [3.05, 3.63) is 58.1 Å². The maximum absolute atomic E-state index is 13.4. The molecule has 0 spiro atoms. The Hall–Kier alpha value is -2.49. The van der Waals surface area contributed by atoms with Gasteiger partial charge < -0.3 is 15.0 Å². The van der Waals surface area contributed by atoms with Gasteiger partial charge in [0.05, 0.1) is 29.1 Å². The van der Waals surface area contributed by atoms with E-state index < -0.39 is 16.1 Å². The summed E-state index contributed by atoms with van der Waals surface area (Å²) in [7, 11) is -2.05. The fourth-order valence-electron chi connectivity index (χ4n) is 3.64. The lowest BCUT2D eigenvalue weighted by atomic mass is 10.1. The van der Waals surface area contributed by atoms with E-state index in [0.29, 0.717) is 21.5 Å². The minimum Gasteiger partial charge on any atom is -0.497 e. The number of carbonyl (C=O) groups is 2. The molecule has 0 bridgehead atoms. The molecule has 0 aromatic heterocycles. The van der Waals surface area contributed by atoms with Crippen molar-refractivity contribution in [2.75, 3.05) is 24.2 Å². The van der Waals surface area contributed by atoms with Gasteiger partial charge in [-0.05, 0) is 68.7 Å². The van der Waals surface area contributed by atoms with Crippen LogP contribution >= 0.6 is 23.2 Å². The lowest BCUT2D eigenvalue weighted by molar-refractivity contribution is -0.140. The zero-order valence-corrected chi connectivity index (χ0v) is 24.2. The molecule has 2 rings (SSSR count). The molecule has 2 atom stereocenters. The van der Waals surface area contributed by atoms with E-state index in [1.54, 1.807) is 49.4 Å². The molecule has 0 saturated carbocycles. The van der Waals surface area contributed by atoms with Crippen molar-refractivity contribution >= 4 is 50.7 Å². The second kappa shape index (κ2) is 13.9. The first-order valence-corrected chi connectivity index (χ1v) is 14.6. The highest BCUT2D eigenvalue weighted by molar-refractivity contribution is 7.92. The molecule has 8 nitrogen and oxygen atoms in total. The lowest BCUT2D eigenvalue weighted by Crippen LogP contribution is -2.49. The fraction of sp³-hybridized carbons (Fsp3) is 0.462. The third-order valence-corrected chi connectivity index (χ3v) is 7.95. The maximum Gasteiger partial charge on any atom is 0.242 e. The number of hydrogen-bond donors (Lipinski definition) is 1. The summed E-state index contributed by atoms with van der Waals surface area (Å²) in [6, 6.07) is 10.9. The molecule has 1 N–H and O–H groups in total. The van der Waals surface area contributed by atoms with Gasteiger partial charge in [0.2, 0.25) is 21.8 Å². The third-order valence-electron chi connectivity index (χ3n) is 6.02. The Balaban J connectivity index is 2.19. The van der Waals surface area contributed by atoms with Crippen molar-refractivity contribution in [1.29, 1.82) is 0 Å². The first kappa shape index (κ1) is 30.7. The van der Waals surface area contributed by atoms with Gasteiger partial charge >= 0.3 is 0 Å². The minimum atomic E-state index is -3.58. The van der Waals surface area contributed by atoms with Gasteiger partial charge in [-0.2, -0.15) is 0 Å². The topological polar surface area (TPSA) is 96.0 Å². The molecule has 0 unspecified atom stereocenters. The molecule has 0 heterocycles. The van der Waals surface area contributed by atoms with Gasteiger partial charge in [-0.3, -0.25) is 13.9 Å². The predicted molar refractivity (Wildman–Crippen MR) is 149 cm³/mol. The van der Waals surface area contributed by atoms with Crippen LogP contribution in [-0.4, -0.2) is 57.1 Å². The van der Waals surface area contributed by atoms with Crippen LogP contribution in [0, 0.1) is 0 Å². The van der Waals surface area contributed by atoms with E-state index in [1.165, 1.54) is 16.3 Å². The van der Waals surface area contributed by atoms with Crippen LogP contribution in [0.2, 0.25) is 10.0 Å². The molecule has 204 valence electrons. The number of sulfonamides is 1. The summed E-state index contributed by atoms with van der Waals surface area (Å²) in [4.78, 5) is 27.7. The molecular formula is C26H35Cl2N3O5S. The van der Waals surface area contributed by atoms with Crippen molar-refractivity contribution in [1.82, 2.24) is 10.2 Å². The fourth-order valence-corrected chi connectivity index (χ4v) is 4.92. The van der Waals surface area contributed by atoms with Crippen LogP contribution in [-0.2, 0) is 26.2 Å². The molecule has 2 aromatic rings. The summed E-state index contributed by atoms with van der Waals surface area (Å²) in [6.45, 7) is 5.79. The van der Waals surface area contributed by atoms with Gasteiger partial charge in [-0.1, -0.05) is 36.2 Å². The van der Waals surface area contributed by atoms with Gasteiger partial charge in [0, 0.05) is 25.6 Å². The number of halogens is 2. The SMILES string of the molecule is CC[C@@H](C)NC(=O)[C@@H](C)N(Cc1ccc(Cl)c(Cl)c1)C(=O)CCCN(c1ccc(OC)cc1)S(C)(=O)=O. The van der Waals surface area contributed by atoms with E-state index in [9.17, 15) is 18.0 Å². The largest absolute Gasteiger partial charge is 0.497 e. The van der Waals surface area contributed by atoms with Crippen molar-refractivity contribution in [2.24, 2.45) is 0 Å². The zero-order chi connectivity index (χ0) is 27.8. The van der Waals surface area contributed by atoms with Crippen molar-refractivity contribution in [3.8, 4) is 5.75 Å². The van der Waals surface area contributed by atoms with Crippen LogP contribution in [0.3, 0.4) is 0 Å². The normalized spacial score (nSPS) is 12.9. The van der Waals surface area contributed by atoms with Gasteiger partial charge in [-0.25, -0.2) is 8.42 Å². The average Bonchev–Trinajstić information content (AvgIpc) is 2.85. The molecule has 37 heavy (non-hydrogen) atoms. The molecule has 0 saturated heterocycles. The number of anilines is 1. The quantitative estimate of drug-likeness (QED) is 0.369. The smallest absolute Gasteiger partial charge is 0.242 e. The minimum absolute atomic E-state index is 0.0373. The molecule has 0 aliphatic rings. The highest BCUT2D eigenvalue weighted by Crippen LogP contribution is 2.25. The molecular weight excluding hydrogens is 537 g/mol. The van der Waals surface area contributed by atoms with Gasteiger partial charge in [0.15, 0.2) is 0 Å². The van der Waals surface area contributed by atoms with Crippen LogP contribution < -0.4 is 14.4 Å². The molecule has 2 amide bonds. The van der Waals surface area contributed by atoms with Gasteiger partial charge in [-0.15, -0.1) is 0 Å². The first-order valence-electron chi connectivity index (χ1n) is 12.0. The van der Waals surface area contributed by atoms with Crippen molar-refractivity contribution in [3.63, 3.8) is 0 Å². The summed E-state index contributed by atoms with van der Waals surface area (Å²) < 4.78 is 31.3. The number of methoxy groups -OCH3 is 1. The third kappa shape index (κ3) is 9.09. The molecule has 0 aliphatic carbocycles. The number of rotatable bonds is 13. The van der Waals surface area contributed by atoms with Crippen molar-refractivity contribution in [2.45, 2.75) is 58.7 Å². The summed E-state index contributed by atoms with van der Waals surface area (Å²) in [5.74, 6) is 0.0646. The van der Waals surface area contributed by atoms with Gasteiger partial charge in [0.1, 0.15) is 11.8 Å². The number of nitrogens with one attached hydrogen (secondary N) is 1. The predicted octanol–water partition coefficient (Wildman–Crippen LogP) is 4.88. The first-order chi connectivity index (χ1) is 17.4.